The molecule has 0 bridgehead atoms. The van der Waals surface area contributed by atoms with Crippen molar-refractivity contribution in [1.82, 2.24) is 70.1 Å². The van der Waals surface area contributed by atoms with Crippen molar-refractivity contribution in [2.75, 3.05) is 127 Å². The fourth-order valence-corrected chi connectivity index (χ4v) is 12.6. The quantitative estimate of drug-likeness (QED) is 0.0928. The number of ether oxygens (including phenoxy) is 4. The second-order valence-corrected chi connectivity index (χ2v) is 27.2. The molecule has 4 aromatic heterocycles. The smallest absolute Gasteiger partial charge is 0.410 e. The first-order valence-electron chi connectivity index (χ1n) is 30.3. The molecule has 12 rings (SSSR count). The second kappa shape index (κ2) is 25.4. The lowest BCUT2D eigenvalue weighted by Crippen LogP contribution is -2.73. The lowest BCUT2D eigenvalue weighted by molar-refractivity contribution is -0.114. The van der Waals surface area contributed by atoms with Crippen molar-refractivity contribution in [3.8, 4) is 34.3 Å². The van der Waals surface area contributed by atoms with E-state index < -0.39 is 11.2 Å². The lowest BCUT2D eigenvalue weighted by atomic mass is 9.73. The zero-order valence-electron chi connectivity index (χ0n) is 52.0. The van der Waals surface area contributed by atoms with E-state index in [0.717, 1.165) is 179 Å². The molecule has 6 saturated heterocycles. The monoisotopic (exact) mass is 1190 g/mol. The summed E-state index contributed by atoms with van der Waals surface area (Å²) in [6.07, 6.45) is 3.12. The molecule has 6 aliphatic rings. The number of carbonyl (C=O) groups is 2. The molecular weight excluding hydrogens is 1100 g/mol. The Morgan fingerprint density at radius 1 is 0.612 bits per heavy atom. The van der Waals surface area contributed by atoms with Crippen LogP contribution in [-0.4, -0.2) is 230 Å². The number of hydrogen-bond acceptors (Lipinski definition) is 18. The van der Waals surface area contributed by atoms with Crippen molar-refractivity contribution in [2.45, 2.75) is 119 Å². The summed E-state index contributed by atoms with van der Waals surface area (Å²) in [7, 11) is 0. The first kappa shape index (κ1) is 61.5. The highest BCUT2D eigenvalue weighted by Gasteiger charge is 2.55. The van der Waals surface area contributed by atoms with Gasteiger partial charge in [0.2, 0.25) is 0 Å². The maximum atomic E-state index is 12.3. The number of benzene rings is 2. The number of aromatic nitrogens is 8. The predicted molar refractivity (Wildman–Crippen MR) is 333 cm³/mol. The molecule has 2 aromatic carbocycles. The third kappa shape index (κ3) is 15.2. The van der Waals surface area contributed by atoms with Gasteiger partial charge >= 0.3 is 12.2 Å². The van der Waals surface area contributed by atoms with Gasteiger partial charge < -0.3 is 53.7 Å². The van der Waals surface area contributed by atoms with E-state index in [1.165, 1.54) is 0 Å². The molecule has 22 nitrogen and oxygen atoms in total. The highest BCUT2D eigenvalue weighted by Crippen LogP contribution is 2.42. The Balaban J connectivity index is 0.000000158. The summed E-state index contributed by atoms with van der Waals surface area (Å²) in [5.41, 5.74) is 4.93. The Bertz CT molecular complexity index is 3240. The molecule has 0 unspecified atom stereocenters. The van der Waals surface area contributed by atoms with Crippen molar-refractivity contribution in [1.29, 1.82) is 0 Å². The summed E-state index contributed by atoms with van der Waals surface area (Å²) in [5, 5.41) is 20.7. The van der Waals surface area contributed by atoms with Crippen molar-refractivity contribution in [2.24, 2.45) is 10.8 Å². The minimum Gasteiger partial charge on any atom is -0.491 e. The van der Waals surface area contributed by atoms with Crippen LogP contribution in [0.2, 0.25) is 0 Å². The second-order valence-electron chi connectivity index (χ2n) is 26.8. The van der Waals surface area contributed by atoms with Crippen LogP contribution in [0.3, 0.4) is 0 Å². The number of amides is 2. The number of H-pyrrole nitrogens is 2. The van der Waals surface area contributed by atoms with Crippen LogP contribution in [-0.2, 0) is 9.47 Å². The van der Waals surface area contributed by atoms with Gasteiger partial charge in [-0.1, -0.05) is 0 Å². The molecule has 6 aromatic rings. The average molecular weight is 1190 g/mol. The Hall–Kier alpha value is -6.59. The van der Waals surface area contributed by atoms with Crippen molar-refractivity contribution in [3.63, 3.8) is 0 Å². The predicted octanol–water partition coefficient (Wildman–Crippen LogP) is 8.25. The minimum absolute atomic E-state index is 0.103. The van der Waals surface area contributed by atoms with Gasteiger partial charge in [-0.15, -0.1) is 11.6 Å². The summed E-state index contributed by atoms with van der Waals surface area (Å²) in [6, 6.07) is 16.9. The number of piperazine rings is 2. The molecule has 0 radical (unpaired) electrons. The van der Waals surface area contributed by atoms with E-state index >= 15 is 0 Å². The van der Waals surface area contributed by atoms with E-state index in [4.69, 9.17) is 30.5 Å². The molecule has 0 aliphatic carbocycles. The molecular formula is C62H89ClN16O6. The van der Waals surface area contributed by atoms with Gasteiger partial charge in [0.05, 0.1) is 34.6 Å². The Morgan fingerprint density at radius 2 is 1.08 bits per heavy atom. The maximum absolute atomic E-state index is 12.3. The summed E-state index contributed by atoms with van der Waals surface area (Å²) < 4.78 is 22.6. The van der Waals surface area contributed by atoms with E-state index in [-0.39, 0.29) is 29.8 Å². The Labute approximate surface area is 505 Å². The van der Waals surface area contributed by atoms with Gasteiger partial charge in [0.1, 0.15) is 58.4 Å². The SMILES string of the molecule is CC(C)(C)OC(=O)N1CC2(CN(CCCl)C2)C1.CC(C)Oc1ccc2[nH]nc(-c3cc(N4CCN(CCN5CC6(C5)CN(C(=O)OC(C)(C)C)C6)[C@@H](C)C4)ncn3)c2c1.CC(C)Oc1ccc2[nH]nc(-c3cc(N4CCN[C@@H](C)C4)ncn3)c2c1. The van der Waals surface area contributed by atoms with Crippen LogP contribution >= 0.6 is 11.6 Å². The molecule has 23 heteroatoms. The van der Waals surface area contributed by atoms with Gasteiger partial charge in [0, 0.05) is 163 Å². The van der Waals surface area contributed by atoms with Crippen molar-refractivity contribution < 1.29 is 28.5 Å². The minimum atomic E-state index is -0.441. The number of carbonyl (C=O) groups excluding carboxylic acids is 2. The third-order valence-electron chi connectivity index (χ3n) is 16.1. The molecule has 0 saturated carbocycles. The number of anilines is 2. The number of likely N-dealkylation sites (tertiary alicyclic amines) is 4. The number of fused-ring (bicyclic) bond motifs is 2. The first-order chi connectivity index (χ1) is 40.4. The van der Waals surface area contributed by atoms with Crippen LogP contribution in [0.25, 0.3) is 44.6 Å². The van der Waals surface area contributed by atoms with Crippen LogP contribution in [0.5, 0.6) is 11.5 Å². The van der Waals surface area contributed by atoms with Gasteiger partial charge in [0.25, 0.3) is 0 Å². The molecule has 6 fully saturated rings. The van der Waals surface area contributed by atoms with Crippen LogP contribution in [0.15, 0.2) is 61.2 Å². The van der Waals surface area contributed by atoms with Gasteiger partial charge in [-0.2, -0.15) is 10.2 Å². The van der Waals surface area contributed by atoms with Crippen molar-refractivity contribution in [3.05, 3.63) is 61.2 Å². The Kier molecular flexibility index (Phi) is 18.4. The van der Waals surface area contributed by atoms with Gasteiger partial charge in [-0.25, -0.2) is 29.5 Å². The highest BCUT2D eigenvalue weighted by molar-refractivity contribution is 6.18. The zero-order chi connectivity index (χ0) is 60.4. The third-order valence-corrected chi connectivity index (χ3v) is 16.3. The number of halogens is 1. The van der Waals surface area contributed by atoms with E-state index in [2.05, 4.69) is 84.0 Å². The van der Waals surface area contributed by atoms with Crippen LogP contribution < -0.4 is 24.6 Å². The van der Waals surface area contributed by atoms with Crippen molar-refractivity contribution >= 4 is 57.2 Å². The van der Waals surface area contributed by atoms with Gasteiger partial charge in [-0.05, 0) is 119 Å². The number of nitrogens with one attached hydrogen (secondary N) is 3. The van der Waals surface area contributed by atoms with Gasteiger partial charge in [0.15, 0.2) is 0 Å². The zero-order valence-corrected chi connectivity index (χ0v) is 52.7. The highest BCUT2D eigenvalue weighted by atomic mass is 35.5. The molecule has 6 aliphatic heterocycles. The van der Waals surface area contributed by atoms with Crippen LogP contribution in [0, 0.1) is 10.8 Å². The largest absolute Gasteiger partial charge is 0.491 e. The number of hydrogen-bond donors (Lipinski definition) is 3. The molecule has 460 valence electrons. The summed E-state index contributed by atoms with van der Waals surface area (Å²) in [5.74, 6) is 4.21. The summed E-state index contributed by atoms with van der Waals surface area (Å²) in [4.78, 5) is 57.9. The standard InChI is InChI=1S/C31H44N8O3.C19H24N6O.C12H21ClN2O2/c1-21(2)41-23-7-8-25-24(13-23)28(35-34-25)26-14-27(33-20-32-26)38-12-11-37(22(3)15-38)10-9-36-16-31(17-36)18-39(19-31)29(40)42-30(4,5)6;1-12(2)26-14-4-5-16-15(8-14)19(24-23-16)17-9-18(22-11-21-17)25-7-6-20-13(3)10-25;1-11(2,3)17-10(16)15-8-12(9-15)6-14(7-12)5-4-13/h7-8,13-14,20-22H,9-12,15-19H2,1-6H3,(H,34,35);4-5,8-9,11-13,20H,6-7,10H2,1-3H3,(H,23,24);4-9H2,1-3H3/t22-;13-;/m00./s1. The normalized spacial score (nSPS) is 20.5. The van der Waals surface area contributed by atoms with Crippen LogP contribution in [0.4, 0.5) is 21.2 Å². The van der Waals surface area contributed by atoms with E-state index in [0.29, 0.717) is 23.4 Å². The van der Waals surface area contributed by atoms with E-state index in [1.54, 1.807) is 17.6 Å². The topological polar surface area (TPSA) is 215 Å². The number of nitrogens with zero attached hydrogens (tertiary/aromatic N) is 13. The number of alkyl halides is 1. The molecule has 2 atom stereocenters. The van der Waals surface area contributed by atoms with E-state index in [1.807, 2.05) is 123 Å². The molecule has 2 amide bonds. The molecule has 2 spiro atoms. The molecule has 3 N–H and O–H groups in total. The number of aromatic amines is 2. The molecule has 10 heterocycles. The lowest BCUT2D eigenvalue weighted by Gasteiger charge is -2.60. The fraction of sp³-hybridized carbons (Fsp3) is 0.613. The number of rotatable bonds is 13. The molecule has 85 heavy (non-hydrogen) atoms. The summed E-state index contributed by atoms with van der Waals surface area (Å²) >= 11 is 5.69. The first-order valence-corrected chi connectivity index (χ1v) is 30.8. The summed E-state index contributed by atoms with van der Waals surface area (Å²) in [6.45, 7) is 40.3. The average Bonchev–Trinajstić information content (AvgIpc) is 1.78. The maximum Gasteiger partial charge on any atom is 0.410 e. The van der Waals surface area contributed by atoms with Crippen LogP contribution in [0.1, 0.15) is 83.1 Å². The Morgan fingerprint density at radius 3 is 1.52 bits per heavy atom. The van der Waals surface area contributed by atoms with Gasteiger partial charge in [-0.3, -0.25) is 15.1 Å². The van der Waals surface area contributed by atoms with E-state index in [9.17, 15) is 9.59 Å². The fourth-order valence-electron chi connectivity index (χ4n) is 12.4.